The number of carbonyl (C=O) groups excluding carboxylic acids is 3. The van der Waals surface area contributed by atoms with Crippen molar-refractivity contribution in [2.24, 2.45) is 7.05 Å². The maximum Gasteiger partial charge on any atom is 0.419 e. The number of Topliss-reactive ketones (excluding diaryl/α,β-unsaturated/α-hetero) is 1. The van der Waals surface area contributed by atoms with Crippen molar-refractivity contribution in [2.75, 3.05) is 5.32 Å². The number of alkyl halides is 3. The molecule has 2 aromatic rings. The number of benzene rings is 1. The maximum atomic E-state index is 13.5. The van der Waals surface area contributed by atoms with E-state index in [1.54, 1.807) is 0 Å². The van der Waals surface area contributed by atoms with Gasteiger partial charge in [-0.1, -0.05) is 5.92 Å². The molecule has 0 aliphatic heterocycles. The number of aliphatic hydroxyl groups excluding tert-OH is 1. The molecule has 11 heteroatoms. The van der Waals surface area contributed by atoms with Gasteiger partial charge in [0.15, 0.2) is 0 Å². The predicted octanol–water partition coefficient (Wildman–Crippen LogP) is 2.88. The second kappa shape index (κ2) is 8.61. The molecule has 7 nitrogen and oxygen atoms in total. The first kappa shape index (κ1) is 25.0. The van der Waals surface area contributed by atoms with Gasteiger partial charge in [0.1, 0.15) is 17.1 Å². The molecule has 1 aromatic carbocycles. The van der Waals surface area contributed by atoms with Crippen molar-refractivity contribution in [3.63, 3.8) is 0 Å². The van der Waals surface area contributed by atoms with Gasteiger partial charge in [-0.15, -0.1) is 6.42 Å². The number of terminal acetylenes is 1. The van der Waals surface area contributed by atoms with Gasteiger partial charge >= 0.3 is 6.18 Å². The highest BCUT2D eigenvalue weighted by atomic mass is 19.4. The Balaban J connectivity index is 1.88. The minimum absolute atomic E-state index is 0.0627. The van der Waals surface area contributed by atoms with Crippen LogP contribution in [0, 0.1) is 32.0 Å². The number of amides is 2. The average molecular weight is 479 g/mol. The first-order valence-electron chi connectivity index (χ1n) is 10.1. The van der Waals surface area contributed by atoms with Crippen LogP contribution in [0.4, 0.5) is 23.2 Å². The Labute approximate surface area is 192 Å². The van der Waals surface area contributed by atoms with Crippen LogP contribution in [-0.4, -0.2) is 38.9 Å². The average Bonchev–Trinajstić information content (AvgIpc) is 2.94. The fourth-order valence-electron chi connectivity index (χ4n) is 4.03. The molecule has 1 heterocycles. The second-order valence-corrected chi connectivity index (χ2v) is 8.21. The number of nitrogens with zero attached hydrogens (tertiary/aromatic N) is 1. The molecule has 3 N–H and O–H groups in total. The number of nitrogens with one attached hydrogen (secondary N) is 2. The van der Waals surface area contributed by atoms with Crippen LogP contribution in [0.15, 0.2) is 18.2 Å². The lowest BCUT2D eigenvalue weighted by Gasteiger charge is -2.41. The summed E-state index contributed by atoms with van der Waals surface area (Å²) in [5, 5.41) is 14.2. The Hall–Kier alpha value is -3.65. The first-order valence-corrected chi connectivity index (χ1v) is 10.1. The number of rotatable bonds is 5. The molecule has 0 bridgehead atoms. The van der Waals surface area contributed by atoms with Gasteiger partial charge in [0.25, 0.3) is 17.6 Å². The summed E-state index contributed by atoms with van der Waals surface area (Å²) in [4.78, 5) is 38.3. The van der Waals surface area contributed by atoms with Crippen molar-refractivity contribution in [2.45, 2.75) is 44.5 Å². The smallest absolute Gasteiger partial charge is 0.393 e. The fraction of sp³-hybridized carbons (Fsp3) is 0.348. The minimum atomic E-state index is -4.96. The van der Waals surface area contributed by atoms with Gasteiger partial charge in [0.05, 0.1) is 17.2 Å². The number of aromatic nitrogens is 1. The molecule has 1 fully saturated rings. The van der Waals surface area contributed by atoms with E-state index in [9.17, 15) is 37.1 Å². The summed E-state index contributed by atoms with van der Waals surface area (Å²) in [6, 6.07) is 2.02. The molecule has 0 unspecified atom stereocenters. The molecule has 0 saturated heterocycles. The molecule has 0 atom stereocenters. The third kappa shape index (κ3) is 4.41. The summed E-state index contributed by atoms with van der Waals surface area (Å²) < 4.78 is 53.8. The van der Waals surface area contributed by atoms with Crippen molar-refractivity contribution < 1.29 is 37.1 Å². The van der Waals surface area contributed by atoms with Crippen molar-refractivity contribution in [3.05, 3.63) is 52.1 Å². The highest BCUT2D eigenvalue weighted by molar-refractivity contribution is 6.44. The lowest BCUT2D eigenvalue weighted by Crippen LogP contribution is -2.59. The van der Waals surface area contributed by atoms with E-state index >= 15 is 0 Å². The zero-order chi connectivity index (χ0) is 25.6. The number of carbonyl (C=O) groups is 3. The summed E-state index contributed by atoms with van der Waals surface area (Å²) in [6.07, 6.45) is -0.0221. The van der Waals surface area contributed by atoms with Gasteiger partial charge in [-0.3, -0.25) is 14.4 Å². The van der Waals surface area contributed by atoms with Gasteiger partial charge in [-0.25, -0.2) is 4.39 Å². The molecule has 2 amide bonds. The number of anilines is 1. The highest BCUT2D eigenvalue weighted by Crippen LogP contribution is 2.34. The Morgan fingerprint density at radius 3 is 2.38 bits per heavy atom. The molecule has 0 spiro atoms. The number of ketones is 1. The van der Waals surface area contributed by atoms with Gasteiger partial charge in [0.2, 0.25) is 0 Å². The quantitative estimate of drug-likeness (QED) is 0.266. The molecule has 1 aliphatic carbocycles. The molecule has 1 aliphatic rings. The standard InChI is InChI=1S/C23H21F4N3O4/c1-5-22(9-14(31)10-22)29-21(34)19(32)17-11(2)18(30(4)12(17)3)20(33)28-13-6-7-16(24)15(8-13)23(25,26)27/h1,6-8,14,31H,9-10H2,2-4H3,(H,28,33)(H,29,34). The second-order valence-electron chi connectivity index (χ2n) is 8.21. The topological polar surface area (TPSA) is 100 Å². The number of hydrogen-bond acceptors (Lipinski definition) is 4. The van der Waals surface area contributed by atoms with Crippen LogP contribution in [0.5, 0.6) is 0 Å². The van der Waals surface area contributed by atoms with E-state index in [-0.39, 0.29) is 41.0 Å². The fourth-order valence-corrected chi connectivity index (χ4v) is 4.03. The molecule has 0 radical (unpaired) electrons. The van der Waals surface area contributed by atoms with Crippen LogP contribution < -0.4 is 10.6 Å². The van der Waals surface area contributed by atoms with E-state index in [1.807, 2.05) is 0 Å². The van der Waals surface area contributed by atoms with E-state index in [1.165, 1.54) is 25.5 Å². The molecular weight excluding hydrogens is 458 g/mol. The van der Waals surface area contributed by atoms with E-state index in [0.29, 0.717) is 12.1 Å². The third-order valence-electron chi connectivity index (χ3n) is 5.91. The van der Waals surface area contributed by atoms with Gasteiger partial charge in [-0.2, -0.15) is 13.2 Å². The SMILES string of the molecule is C#CC1(NC(=O)C(=O)c2c(C)c(C(=O)Nc3ccc(F)c(C(F)(F)F)c3)n(C)c2C)CC(O)C1. The van der Waals surface area contributed by atoms with E-state index in [4.69, 9.17) is 6.42 Å². The molecule has 1 saturated carbocycles. The van der Waals surface area contributed by atoms with Crippen LogP contribution in [0.2, 0.25) is 0 Å². The summed E-state index contributed by atoms with van der Waals surface area (Å²) in [7, 11) is 1.45. The Kier molecular flexibility index (Phi) is 6.32. The summed E-state index contributed by atoms with van der Waals surface area (Å²) in [5.74, 6) is -1.94. The van der Waals surface area contributed by atoms with Crippen LogP contribution in [-0.2, 0) is 18.0 Å². The first-order chi connectivity index (χ1) is 15.7. The van der Waals surface area contributed by atoms with Crippen LogP contribution in [0.3, 0.4) is 0 Å². The summed E-state index contributed by atoms with van der Waals surface area (Å²) >= 11 is 0. The van der Waals surface area contributed by atoms with Gasteiger partial charge < -0.3 is 20.3 Å². The number of hydrogen-bond donors (Lipinski definition) is 3. The monoisotopic (exact) mass is 479 g/mol. The lowest BCUT2D eigenvalue weighted by molar-refractivity contribution is -0.140. The summed E-state index contributed by atoms with van der Waals surface area (Å²) in [6.45, 7) is 2.91. The maximum absolute atomic E-state index is 13.5. The predicted molar refractivity (Wildman–Crippen MR) is 114 cm³/mol. The lowest BCUT2D eigenvalue weighted by atomic mass is 9.75. The summed E-state index contributed by atoms with van der Waals surface area (Å²) in [5.41, 5.74) is -2.73. The van der Waals surface area contributed by atoms with E-state index in [0.717, 1.165) is 6.07 Å². The van der Waals surface area contributed by atoms with Gasteiger partial charge in [0, 0.05) is 31.3 Å². The third-order valence-corrected chi connectivity index (χ3v) is 5.91. The van der Waals surface area contributed by atoms with Crippen LogP contribution in [0.1, 0.15) is 50.5 Å². The molecule has 1 aromatic heterocycles. The number of aliphatic hydroxyl groups is 1. The number of halogens is 4. The zero-order valence-electron chi connectivity index (χ0n) is 18.4. The van der Waals surface area contributed by atoms with Gasteiger partial charge in [-0.05, 0) is 37.6 Å². The van der Waals surface area contributed by atoms with Crippen LogP contribution in [0.25, 0.3) is 0 Å². The zero-order valence-corrected chi connectivity index (χ0v) is 18.4. The Bertz CT molecular complexity index is 1230. The highest BCUT2D eigenvalue weighted by Gasteiger charge is 2.45. The van der Waals surface area contributed by atoms with Crippen molar-refractivity contribution in [3.8, 4) is 12.3 Å². The Morgan fingerprint density at radius 1 is 1.24 bits per heavy atom. The Morgan fingerprint density at radius 2 is 1.85 bits per heavy atom. The minimum Gasteiger partial charge on any atom is -0.393 e. The molecule has 180 valence electrons. The molecule has 34 heavy (non-hydrogen) atoms. The van der Waals surface area contributed by atoms with Crippen molar-refractivity contribution in [1.82, 2.24) is 9.88 Å². The normalized spacial score (nSPS) is 19.7. The molecular formula is C23H21F4N3O4. The van der Waals surface area contributed by atoms with Crippen molar-refractivity contribution >= 4 is 23.3 Å². The van der Waals surface area contributed by atoms with E-state index < -0.39 is 46.8 Å². The van der Waals surface area contributed by atoms with Crippen LogP contribution >= 0.6 is 0 Å². The van der Waals surface area contributed by atoms with Crippen molar-refractivity contribution in [1.29, 1.82) is 0 Å². The largest absolute Gasteiger partial charge is 0.419 e. The van der Waals surface area contributed by atoms with E-state index in [2.05, 4.69) is 16.6 Å². The molecule has 3 rings (SSSR count).